The van der Waals surface area contributed by atoms with Crippen LogP contribution in [0.1, 0.15) is 42.1 Å². The molecule has 1 N–H and O–H groups in total. The monoisotopic (exact) mass is 418 g/mol. The van der Waals surface area contributed by atoms with E-state index in [0.29, 0.717) is 11.4 Å². The lowest BCUT2D eigenvalue weighted by atomic mass is 9.96. The van der Waals surface area contributed by atoms with Crippen LogP contribution in [-0.4, -0.2) is 33.7 Å². The molecule has 0 heterocycles. The number of hydrogen-bond acceptors (Lipinski definition) is 4. The van der Waals surface area contributed by atoms with E-state index in [9.17, 15) is 13.2 Å². The van der Waals surface area contributed by atoms with Crippen LogP contribution in [-0.2, 0) is 14.8 Å². The first kappa shape index (κ1) is 22.7. The van der Waals surface area contributed by atoms with Gasteiger partial charge in [-0.15, -0.1) is 0 Å². The predicted octanol–water partition coefficient (Wildman–Crippen LogP) is 3.65. The lowest BCUT2D eigenvalue weighted by Gasteiger charge is -2.29. The second kappa shape index (κ2) is 8.86. The van der Waals surface area contributed by atoms with Crippen molar-refractivity contribution in [3.05, 3.63) is 58.7 Å². The second-order valence-electron chi connectivity index (χ2n) is 7.46. The van der Waals surface area contributed by atoms with E-state index in [1.807, 2.05) is 20.8 Å². The fraction of sp³-hybridized carbons (Fsp3) is 0.409. The first-order valence-electron chi connectivity index (χ1n) is 9.47. The molecular weight excluding hydrogens is 388 g/mol. The van der Waals surface area contributed by atoms with Gasteiger partial charge in [-0.25, -0.2) is 8.42 Å². The van der Waals surface area contributed by atoms with E-state index in [1.165, 1.54) is 12.7 Å². The van der Waals surface area contributed by atoms with Gasteiger partial charge in [0.25, 0.3) is 0 Å². The number of nitrogens with one attached hydrogen (secondary N) is 1. The summed E-state index contributed by atoms with van der Waals surface area (Å²) < 4.78 is 31.3. The van der Waals surface area contributed by atoms with E-state index in [4.69, 9.17) is 4.74 Å². The Morgan fingerprint density at radius 3 is 2.24 bits per heavy atom. The number of anilines is 1. The van der Waals surface area contributed by atoms with Gasteiger partial charge in [0.2, 0.25) is 15.9 Å². The van der Waals surface area contributed by atoms with Crippen LogP contribution in [0.25, 0.3) is 0 Å². The molecule has 0 aliphatic carbocycles. The summed E-state index contributed by atoms with van der Waals surface area (Å²) in [7, 11) is -2.18. The van der Waals surface area contributed by atoms with Crippen LogP contribution >= 0.6 is 0 Å². The molecule has 1 amide bonds. The predicted molar refractivity (Wildman–Crippen MR) is 117 cm³/mol. The fourth-order valence-electron chi connectivity index (χ4n) is 3.42. The normalized spacial score (nSPS) is 13.5. The third kappa shape index (κ3) is 5.29. The molecule has 0 spiro atoms. The van der Waals surface area contributed by atoms with Crippen molar-refractivity contribution in [1.29, 1.82) is 0 Å². The third-order valence-corrected chi connectivity index (χ3v) is 6.35. The molecule has 29 heavy (non-hydrogen) atoms. The van der Waals surface area contributed by atoms with Gasteiger partial charge in [-0.2, -0.15) is 0 Å². The molecule has 0 unspecified atom stereocenters. The van der Waals surface area contributed by atoms with Crippen LogP contribution in [0.15, 0.2) is 36.4 Å². The van der Waals surface area contributed by atoms with Gasteiger partial charge in [-0.3, -0.25) is 9.10 Å². The van der Waals surface area contributed by atoms with Crippen LogP contribution in [0.5, 0.6) is 5.75 Å². The number of methoxy groups -OCH3 is 1. The molecule has 2 rings (SSSR count). The summed E-state index contributed by atoms with van der Waals surface area (Å²) in [6.45, 7) is 9.57. The quantitative estimate of drug-likeness (QED) is 0.745. The molecule has 0 aliphatic heterocycles. The zero-order chi connectivity index (χ0) is 21.9. The van der Waals surface area contributed by atoms with Crippen molar-refractivity contribution in [2.24, 2.45) is 0 Å². The first-order chi connectivity index (χ1) is 13.5. The van der Waals surface area contributed by atoms with Crippen LogP contribution in [0.2, 0.25) is 0 Å². The molecule has 0 bridgehead atoms. The number of sulfonamides is 1. The highest BCUT2D eigenvalue weighted by Gasteiger charge is 2.30. The molecule has 158 valence electrons. The highest BCUT2D eigenvalue weighted by Crippen LogP contribution is 2.26. The molecule has 7 heteroatoms. The molecule has 2 atom stereocenters. The summed E-state index contributed by atoms with van der Waals surface area (Å²) in [6.07, 6.45) is 1.09. The number of aryl methyl sites for hydroxylation is 3. The number of hydrogen-bond donors (Lipinski definition) is 1. The number of amides is 1. The highest BCUT2D eigenvalue weighted by molar-refractivity contribution is 7.92. The van der Waals surface area contributed by atoms with Gasteiger partial charge in [-0.05, 0) is 69.0 Å². The Labute approximate surface area is 173 Å². The minimum atomic E-state index is -3.69. The summed E-state index contributed by atoms with van der Waals surface area (Å²) in [4.78, 5) is 13.0. The number of ether oxygens (including phenoxy) is 1. The molecular formula is C22H30N2O4S. The van der Waals surface area contributed by atoms with Crippen LogP contribution in [0.3, 0.4) is 0 Å². The lowest BCUT2D eigenvalue weighted by molar-refractivity contribution is -0.122. The van der Waals surface area contributed by atoms with Crippen molar-refractivity contribution in [1.82, 2.24) is 5.32 Å². The maximum absolute atomic E-state index is 13.0. The van der Waals surface area contributed by atoms with Crippen molar-refractivity contribution >= 4 is 21.6 Å². The van der Waals surface area contributed by atoms with Gasteiger partial charge in [0.1, 0.15) is 11.8 Å². The van der Waals surface area contributed by atoms with E-state index < -0.39 is 16.1 Å². The van der Waals surface area contributed by atoms with Crippen molar-refractivity contribution in [3.8, 4) is 5.75 Å². The summed E-state index contributed by atoms with van der Waals surface area (Å²) in [6, 6.07) is 9.64. The number of carbonyl (C=O) groups is 1. The Bertz CT molecular complexity index is 1000. The molecule has 2 aromatic rings. The zero-order valence-electron chi connectivity index (χ0n) is 18.1. The Kier molecular flexibility index (Phi) is 6.95. The SMILES string of the molecule is COc1cccc(N([C@@H](C)C(=O)N[C@@H](C)c2cc(C)c(C)cc2C)S(C)(=O)=O)c1. The largest absolute Gasteiger partial charge is 0.497 e. The van der Waals surface area contributed by atoms with Crippen molar-refractivity contribution in [3.63, 3.8) is 0 Å². The summed E-state index contributed by atoms with van der Waals surface area (Å²) in [5.74, 6) is 0.145. The smallest absolute Gasteiger partial charge is 0.244 e. The van der Waals surface area contributed by atoms with Crippen LogP contribution < -0.4 is 14.4 Å². The van der Waals surface area contributed by atoms with Gasteiger partial charge < -0.3 is 10.1 Å². The number of rotatable bonds is 7. The maximum atomic E-state index is 13.0. The Hall–Kier alpha value is -2.54. The van der Waals surface area contributed by atoms with Gasteiger partial charge in [-0.1, -0.05) is 18.2 Å². The summed E-state index contributed by atoms with van der Waals surface area (Å²) in [5, 5.41) is 2.96. The average molecular weight is 419 g/mol. The summed E-state index contributed by atoms with van der Waals surface area (Å²) >= 11 is 0. The molecule has 0 saturated carbocycles. The lowest BCUT2D eigenvalue weighted by Crippen LogP contribution is -2.48. The average Bonchev–Trinajstić information content (AvgIpc) is 2.63. The zero-order valence-corrected chi connectivity index (χ0v) is 18.9. The van der Waals surface area contributed by atoms with Gasteiger partial charge in [0.05, 0.1) is 25.1 Å². The van der Waals surface area contributed by atoms with Gasteiger partial charge in [0.15, 0.2) is 0 Å². The van der Waals surface area contributed by atoms with E-state index in [-0.39, 0.29) is 11.9 Å². The van der Waals surface area contributed by atoms with Gasteiger partial charge in [0, 0.05) is 6.07 Å². The molecule has 0 radical (unpaired) electrons. The Morgan fingerprint density at radius 2 is 1.66 bits per heavy atom. The van der Waals surface area contributed by atoms with Crippen LogP contribution in [0, 0.1) is 20.8 Å². The number of nitrogens with zero attached hydrogens (tertiary/aromatic N) is 1. The molecule has 2 aromatic carbocycles. The standard InChI is InChI=1S/C22H30N2O4S/c1-14-11-16(3)21(12-15(14)2)17(4)23-22(25)18(5)24(29(7,26)27)19-9-8-10-20(13-19)28-6/h8-13,17-18H,1-7H3,(H,23,25)/t17-,18-/m0/s1. The van der Waals surface area contributed by atoms with Gasteiger partial charge >= 0.3 is 0 Å². The van der Waals surface area contributed by atoms with Crippen LogP contribution in [0.4, 0.5) is 5.69 Å². The molecule has 0 fully saturated rings. The van der Waals surface area contributed by atoms with E-state index in [1.54, 1.807) is 31.2 Å². The molecule has 0 aliphatic rings. The Morgan fingerprint density at radius 1 is 1.03 bits per heavy atom. The topological polar surface area (TPSA) is 75.7 Å². The van der Waals surface area contributed by atoms with Crippen molar-refractivity contribution in [2.75, 3.05) is 17.7 Å². The maximum Gasteiger partial charge on any atom is 0.244 e. The first-order valence-corrected chi connectivity index (χ1v) is 11.3. The van der Waals surface area contributed by atoms with E-state index >= 15 is 0 Å². The summed E-state index contributed by atoms with van der Waals surface area (Å²) in [5.41, 5.74) is 4.82. The van der Waals surface area contributed by atoms with Crippen molar-refractivity contribution < 1.29 is 17.9 Å². The minimum Gasteiger partial charge on any atom is -0.497 e. The van der Waals surface area contributed by atoms with Crippen molar-refractivity contribution in [2.45, 2.75) is 46.7 Å². The molecule has 6 nitrogen and oxygen atoms in total. The van der Waals surface area contributed by atoms with E-state index in [2.05, 4.69) is 24.4 Å². The second-order valence-corrected chi connectivity index (χ2v) is 9.32. The molecule has 0 aromatic heterocycles. The minimum absolute atomic E-state index is 0.254. The third-order valence-electron chi connectivity index (χ3n) is 5.10. The highest BCUT2D eigenvalue weighted by atomic mass is 32.2. The molecule has 0 saturated heterocycles. The Balaban J connectivity index is 2.31. The number of carbonyl (C=O) groups excluding carboxylic acids is 1. The fourth-order valence-corrected chi connectivity index (χ4v) is 4.58. The van der Waals surface area contributed by atoms with E-state index in [0.717, 1.165) is 27.3 Å². The number of benzene rings is 2.